The molecule has 1 aliphatic rings. The lowest BCUT2D eigenvalue weighted by atomic mass is 10.1. The van der Waals surface area contributed by atoms with Crippen molar-refractivity contribution in [3.63, 3.8) is 0 Å². The van der Waals surface area contributed by atoms with Gasteiger partial charge in [-0.2, -0.15) is 4.98 Å². The number of aliphatic hydroxyl groups excluding tert-OH is 1. The molecule has 2 aromatic heterocycles. The van der Waals surface area contributed by atoms with E-state index >= 15 is 0 Å². The van der Waals surface area contributed by atoms with Crippen molar-refractivity contribution in [3.05, 3.63) is 36.3 Å². The van der Waals surface area contributed by atoms with Gasteiger partial charge in [-0.05, 0) is 24.5 Å². The summed E-state index contributed by atoms with van der Waals surface area (Å²) < 4.78 is 5.05. The molecule has 2 aromatic rings. The number of anilines is 2. The van der Waals surface area contributed by atoms with Crippen molar-refractivity contribution in [3.8, 4) is 5.88 Å². The van der Waals surface area contributed by atoms with Crippen LogP contribution in [0.2, 0.25) is 0 Å². The summed E-state index contributed by atoms with van der Waals surface area (Å²) in [6, 6.07) is 4.07. The van der Waals surface area contributed by atoms with Crippen molar-refractivity contribution in [2.24, 2.45) is 0 Å². The number of nitrogens with zero attached hydrogens (tertiary/aromatic N) is 4. The number of pyridine rings is 1. The molecule has 0 aromatic carbocycles. The lowest BCUT2D eigenvalue weighted by Gasteiger charge is -2.30. The van der Waals surface area contributed by atoms with Gasteiger partial charge in [-0.1, -0.05) is 6.07 Å². The third-order valence-corrected chi connectivity index (χ3v) is 3.89. The summed E-state index contributed by atoms with van der Waals surface area (Å²) in [5.74, 6) is 2.11. The van der Waals surface area contributed by atoms with Crippen molar-refractivity contribution in [1.29, 1.82) is 0 Å². The first-order chi connectivity index (χ1) is 11.2. The first-order valence-electron chi connectivity index (χ1n) is 7.72. The number of aliphatic hydroxyl groups is 1. The fourth-order valence-corrected chi connectivity index (χ4v) is 2.53. The molecule has 0 bridgehead atoms. The van der Waals surface area contributed by atoms with Crippen LogP contribution in [0, 0.1) is 0 Å². The second kappa shape index (κ2) is 7.23. The van der Waals surface area contributed by atoms with Crippen molar-refractivity contribution in [2.75, 3.05) is 30.4 Å². The molecule has 0 aliphatic carbocycles. The molecular formula is C16H21N5O2. The van der Waals surface area contributed by atoms with E-state index in [1.807, 2.05) is 18.3 Å². The van der Waals surface area contributed by atoms with Crippen LogP contribution < -0.4 is 15.0 Å². The van der Waals surface area contributed by atoms with Gasteiger partial charge in [0.25, 0.3) is 0 Å². The molecule has 0 atom stereocenters. The topological polar surface area (TPSA) is 83.4 Å². The average molecular weight is 315 g/mol. The van der Waals surface area contributed by atoms with E-state index in [-0.39, 0.29) is 6.10 Å². The number of hydrogen-bond acceptors (Lipinski definition) is 7. The number of ether oxygens (including phenoxy) is 1. The molecule has 7 nitrogen and oxygen atoms in total. The Morgan fingerprint density at radius 2 is 2.09 bits per heavy atom. The Balaban J connectivity index is 1.57. The molecule has 122 valence electrons. The summed E-state index contributed by atoms with van der Waals surface area (Å²) in [6.45, 7) is 2.32. The van der Waals surface area contributed by atoms with Crippen molar-refractivity contribution in [2.45, 2.75) is 25.5 Å². The van der Waals surface area contributed by atoms with Crippen molar-refractivity contribution < 1.29 is 9.84 Å². The number of piperidine rings is 1. The lowest BCUT2D eigenvalue weighted by Crippen LogP contribution is -2.36. The third kappa shape index (κ3) is 4.07. The maximum absolute atomic E-state index is 9.56. The number of aromatic nitrogens is 3. The summed E-state index contributed by atoms with van der Waals surface area (Å²) in [5, 5.41) is 12.8. The first-order valence-corrected chi connectivity index (χ1v) is 7.72. The lowest BCUT2D eigenvalue weighted by molar-refractivity contribution is 0.145. The van der Waals surface area contributed by atoms with Gasteiger partial charge in [0.15, 0.2) is 0 Å². The van der Waals surface area contributed by atoms with Gasteiger partial charge in [0, 0.05) is 25.8 Å². The average Bonchev–Trinajstić information content (AvgIpc) is 2.61. The number of rotatable bonds is 5. The van der Waals surface area contributed by atoms with Gasteiger partial charge in [-0.3, -0.25) is 4.98 Å². The number of nitrogens with one attached hydrogen (secondary N) is 1. The van der Waals surface area contributed by atoms with Gasteiger partial charge in [0.2, 0.25) is 5.88 Å². The molecule has 7 heteroatoms. The summed E-state index contributed by atoms with van der Waals surface area (Å²) in [7, 11) is 1.57. The van der Waals surface area contributed by atoms with Gasteiger partial charge in [-0.25, -0.2) is 4.98 Å². The monoisotopic (exact) mass is 315 g/mol. The Hall–Kier alpha value is -2.41. The summed E-state index contributed by atoms with van der Waals surface area (Å²) in [6.07, 6.45) is 6.53. The van der Waals surface area contributed by atoms with Crippen molar-refractivity contribution >= 4 is 11.6 Å². The molecule has 3 heterocycles. The molecule has 0 spiro atoms. The van der Waals surface area contributed by atoms with E-state index < -0.39 is 0 Å². The van der Waals surface area contributed by atoms with Crippen molar-refractivity contribution in [1.82, 2.24) is 15.0 Å². The minimum atomic E-state index is -0.168. The summed E-state index contributed by atoms with van der Waals surface area (Å²) >= 11 is 0. The third-order valence-electron chi connectivity index (χ3n) is 3.89. The number of methoxy groups -OCH3 is 1. The zero-order chi connectivity index (χ0) is 16.1. The predicted octanol–water partition coefficient (Wildman–Crippen LogP) is 1.45. The largest absolute Gasteiger partial charge is 0.480 e. The van der Waals surface area contributed by atoms with Crippen LogP contribution in [0.3, 0.4) is 0 Å². The fraction of sp³-hybridized carbons (Fsp3) is 0.438. The second-order valence-corrected chi connectivity index (χ2v) is 5.54. The van der Waals surface area contributed by atoms with E-state index in [2.05, 4.69) is 25.2 Å². The smallest absolute Gasteiger partial charge is 0.233 e. The molecule has 1 fully saturated rings. The normalized spacial score (nSPS) is 15.5. The molecule has 0 saturated carbocycles. The highest BCUT2D eigenvalue weighted by Crippen LogP contribution is 2.18. The summed E-state index contributed by atoms with van der Waals surface area (Å²) in [4.78, 5) is 15.0. The Labute approximate surface area is 135 Å². The van der Waals surface area contributed by atoms with Crippen LogP contribution in [0.15, 0.2) is 30.7 Å². The minimum absolute atomic E-state index is 0.168. The van der Waals surface area contributed by atoms with E-state index in [4.69, 9.17) is 4.74 Å². The molecule has 0 unspecified atom stereocenters. The highest BCUT2D eigenvalue weighted by Gasteiger charge is 2.17. The fourth-order valence-electron chi connectivity index (χ4n) is 2.53. The molecule has 23 heavy (non-hydrogen) atoms. The Morgan fingerprint density at radius 3 is 2.78 bits per heavy atom. The van der Waals surface area contributed by atoms with Crippen LogP contribution in [0.25, 0.3) is 0 Å². The van der Waals surface area contributed by atoms with Crippen LogP contribution in [0.1, 0.15) is 18.4 Å². The molecular weight excluding hydrogens is 294 g/mol. The zero-order valence-corrected chi connectivity index (χ0v) is 13.1. The molecule has 0 radical (unpaired) electrons. The van der Waals surface area contributed by atoms with E-state index in [0.717, 1.165) is 37.3 Å². The second-order valence-electron chi connectivity index (χ2n) is 5.54. The van der Waals surface area contributed by atoms with Gasteiger partial charge in [0.05, 0.1) is 25.6 Å². The highest BCUT2D eigenvalue weighted by atomic mass is 16.5. The Morgan fingerprint density at radius 1 is 1.26 bits per heavy atom. The van der Waals surface area contributed by atoms with E-state index in [0.29, 0.717) is 18.2 Å². The van der Waals surface area contributed by atoms with Crippen LogP contribution >= 0.6 is 0 Å². The maximum atomic E-state index is 9.56. The predicted molar refractivity (Wildman–Crippen MR) is 87.6 cm³/mol. The highest BCUT2D eigenvalue weighted by molar-refractivity contribution is 5.41. The Bertz CT molecular complexity index is 627. The van der Waals surface area contributed by atoms with Crippen LogP contribution in [0.5, 0.6) is 5.88 Å². The summed E-state index contributed by atoms with van der Waals surface area (Å²) in [5.41, 5.74) is 1.07. The molecule has 2 N–H and O–H groups in total. The van der Waals surface area contributed by atoms with Gasteiger partial charge >= 0.3 is 0 Å². The maximum Gasteiger partial charge on any atom is 0.233 e. The molecule has 1 saturated heterocycles. The van der Waals surface area contributed by atoms with E-state index in [9.17, 15) is 5.11 Å². The van der Waals surface area contributed by atoms with Crippen LogP contribution in [0.4, 0.5) is 11.6 Å². The SMILES string of the molecule is COc1cncc(NCc2ccc(N3CCC(O)CC3)nc2)n1. The van der Waals surface area contributed by atoms with Crippen LogP contribution in [-0.2, 0) is 6.54 Å². The Kier molecular flexibility index (Phi) is 4.87. The molecule has 1 aliphatic heterocycles. The van der Waals surface area contributed by atoms with Crippen LogP contribution in [-0.4, -0.2) is 46.4 Å². The number of hydrogen-bond donors (Lipinski definition) is 2. The quantitative estimate of drug-likeness (QED) is 0.864. The minimum Gasteiger partial charge on any atom is -0.480 e. The van der Waals surface area contributed by atoms with Gasteiger partial charge in [-0.15, -0.1) is 0 Å². The van der Waals surface area contributed by atoms with Gasteiger partial charge in [0.1, 0.15) is 11.6 Å². The molecule has 0 amide bonds. The van der Waals surface area contributed by atoms with E-state index in [1.165, 1.54) is 0 Å². The zero-order valence-electron chi connectivity index (χ0n) is 13.1. The molecule has 3 rings (SSSR count). The first kappa shape index (κ1) is 15.5. The van der Waals surface area contributed by atoms with Gasteiger partial charge < -0.3 is 20.1 Å². The standard InChI is InChI=1S/C16H21N5O2/c1-23-16-11-17-10-14(20-16)18-8-12-2-3-15(19-9-12)21-6-4-13(22)5-7-21/h2-3,9-11,13,22H,4-8H2,1H3,(H,18,20). The van der Waals surface area contributed by atoms with E-state index in [1.54, 1.807) is 19.5 Å².